The minimum absolute atomic E-state index is 0.296. The maximum absolute atomic E-state index is 6.27. The predicted octanol–water partition coefficient (Wildman–Crippen LogP) is 3.00. The lowest BCUT2D eigenvalue weighted by atomic mass is 9.90. The Bertz CT molecular complexity index is 537. The molecule has 1 aliphatic carbocycles. The molecule has 0 bridgehead atoms. The van der Waals surface area contributed by atoms with Gasteiger partial charge in [0, 0.05) is 24.5 Å². The van der Waals surface area contributed by atoms with Gasteiger partial charge in [-0.05, 0) is 36.5 Å². The number of hydrogen-bond acceptors (Lipinski definition) is 4. The highest BCUT2D eigenvalue weighted by molar-refractivity contribution is 7.11. The minimum Gasteiger partial charge on any atom is -0.360 e. The average Bonchev–Trinajstić information content (AvgIpc) is 2.82. The van der Waals surface area contributed by atoms with Gasteiger partial charge in [0.15, 0.2) is 0 Å². The lowest BCUT2D eigenvalue weighted by Crippen LogP contribution is -2.47. The van der Waals surface area contributed by atoms with Crippen LogP contribution in [0, 0.1) is 0 Å². The summed E-state index contributed by atoms with van der Waals surface area (Å²) in [6.07, 6.45) is 4.91. The third kappa shape index (κ3) is 1.99. The molecule has 1 saturated carbocycles. The van der Waals surface area contributed by atoms with Gasteiger partial charge in [0.1, 0.15) is 5.00 Å². The molecule has 18 heavy (non-hydrogen) atoms. The number of nitrogens with zero attached hydrogens (tertiary/aromatic N) is 2. The minimum atomic E-state index is 0.296. The Hall–Kier alpha value is -1.13. The second-order valence-electron chi connectivity index (χ2n) is 5.13. The third-order valence-corrected chi connectivity index (χ3v) is 4.93. The van der Waals surface area contributed by atoms with Crippen LogP contribution in [-0.4, -0.2) is 23.5 Å². The van der Waals surface area contributed by atoms with Crippen LogP contribution in [0.1, 0.15) is 25.7 Å². The number of fused-ring (bicyclic) bond motifs is 1. The van der Waals surface area contributed by atoms with E-state index < -0.39 is 0 Å². The van der Waals surface area contributed by atoms with E-state index in [0.29, 0.717) is 12.1 Å². The first-order chi connectivity index (χ1) is 8.77. The van der Waals surface area contributed by atoms with Crippen LogP contribution in [0.3, 0.4) is 0 Å². The molecule has 0 saturated heterocycles. The summed E-state index contributed by atoms with van der Waals surface area (Å²) in [7, 11) is 2.16. The molecule has 0 aliphatic heterocycles. The van der Waals surface area contributed by atoms with Crippen LogP contribution in [0.2, 0.25) is 0 Å². The normalized spacial score (nSPS) is 24.3. The van der Waals surface area contributed by atoms with Crippen LogP contribution < -0.4 is 10.6 Å². The van der Waals surface area contributed by atoms with Crippen molar-refractivity contribution in [3.63, 3.8) is 0 Å². The van der Waals surface area contributed by atoms with Gasteiger partial charge in [-0.15, -0.1) is 0 Å². The van der Waals surface area contributed by atoms with Crippen LogP contribution in [0.15, 0.2) is 24.3 Å². The quantitative estimate of drug-likeness (QED) is 0.903. The molecule has 1 aromatic carbocycles. The largest absolute Gasteiger partial charge is 0.360 e. The summed E-state index contributed by atoms with van der Waals surface area (Å²) in [5.74, 6) is 0. The zero-order valence-electron chi connectivity index (χ0n) is 10.7. The molecule has 2 aromatic rings. The molecule has 4 heteroatoms. The van der Waals surface area contributed by atoms with Gasteiger partial charge in [0.2, 0.25) is 0 Å². The number of hydrogen-bond donors (Lipinski definition) is 1. The summed E-state index contributed by atoms with van der Waals surface area (Å²) >= 11 is 1.59. The van der Waals surface area contributed by atoms with E-state index in [-0.39, 0.29) is 0 Å². The summed E-state index contributed by atoms with van der Waals surface area (Å²) in [6, 6.07) is 9.10. The maximum atomic E-state index is 6.27. The first-order valence-corrected chi connectivity index (χ1v) is 7.37. The van der Waals surface area contributed by atoms with Gasteiger partial charge in [-0.1, -0.05) is 25.0 Å². The number of benzene rings is 1. The van der Waals surface area contributed by atoms with E-state index in [1.807, 2.05) is 6.07 Å². The van der Waals surface area contributed by atoms with E-state index in [1.165, 1.54) is 29.6 Å². The Morgan fingerprint density at radius 2 is 2.06 bits per heavy atom. The van der Waals surface area contributed by atoms with Crippen molar-refractivity contribution >= 4 is 27.4 Å². The highest BCUT2D eigenvalue weighted by atomic mass is 32.1. The van der Waals surface area contributed by atoms with Crippen molar-refractivity contribution in [2.75, 3.05) is 11.9 Å². The van der Waals surface area contributed by atoms with E-state index in [2.05, 4.69) is 34.5 Å². The summed E-state index contributed by atoms with van der Waals surface area (Å²) in [6.45, 7) is 0. The molecule has 3 rings (SSSR count). The van der Waals surface area contributed by atoms with Gasteiger partial charge in [-0.3, -0.25) is 0 Å². The summed E-state index contributed by atoms with van der Waals surface area (Å²) in [5, 5.41) is 2.51. The number of rotatable bonds is 2. The fraction of sp³-hybridized carbons (Fsp3) is 0.500. The number of likely N-dealkylation sites (N-methyl/N-ethyl adjacent to an activating group) is 1. The molecule has 0 amide bonds. The van der Waals surface area contributed by atoms with Gasteiger partial charge in [0.05, 0.1) is 5.52 Å². The standard InChI is InChI=1S/C14H19N3S/c1-17(13-9-5-3-7-11(13)15)14-10-6-2-4-8-12(10)16-18-14/h2,4,6,8,11,13H,3,5,7,9,15H2,1H3. The van der Waals surface area contributed by atoms with E-state index >= 15 is 0 Å². The fourth-order valence-corrected chi connectivity index (χ4v) is 3.78. The Morgan fingerprint density at radius 1 is 1.28 bits per heavy atom. The fourth-order valence-electron chi connectivity index (χ4n) is 2.90. The van der Waals surface area contributed by atoms with Gasteiger partial charge in [-0.2, -0.15) is 4.37 Å². The molecule has 2 atom stereocenters. The van der Waals surface area contributed by atoms with Crippen molar-refractivity contribution in [1.29, 1.82) is 0 Å². The van der Waals surface area contributed by atoms with E-state index in [4.69, 9.17) is 5.73 Å². The van der Waals surface area contributed by atoms with E-state index in [1.54, 1.807) is 11.5 Å². The second kappa shape index (κ2) is 4.86. The van der Waals surface area contributed by atoms with Gasteiger partial charge >= 0.3 is 0 Å². The van der Waals surface area contributed by atoms with Crippen molar-refractivity contribution in [2.24, 2.45) is 5.73 Å². The molecule has 2 N–H and O–H groups in total. The molecule has 0 spiro atoms. The van der Waals surface area contributed by atoms with Crippen LogP contribution >= 0.6 is 11.5 Å². The van der Waals surface area contributed by atoms with E-state index in [0.717, 1.165) is 11.9 Å². The predicted molar refractivity (Wildman–Crippen MR) is 78.3 cm³/mol. The molecular weight excluding hydrogens is 242 g/mol. The Balaban J connectivity index is 1.93. The van der Waals surface area contributed by atoms with Crippen LogP contribution in [0.25, 0.3) is 10.9 Å². The molecule has 1 aliphatic rings. The van der Waals surface area contributed by atoms with Crippen molar-refractivity contribution in [3.8, 4) is 0 Å². The van der Waals surface area contributed by atoms with Gasteiger partial charge in [0.25, 0.3) is 0 Å². The summed E-state index contributed by atoms with van der Waals surface area (Å²) < 4.78 is 4.52. The Morgan fingerprint density at radius 3 is 2.89 bits per heavy atom. The van der Waals surface area contributed by atoms with Crippen molar-refractivity contribution in [1.82, 2.24) is 4.37 Å². The topological polar surface area (TPSA) is 42.2 Å². The lowest BCUT2D eigenvalue weighted by Gasteiger charge is -2.36. The highest BCUT2D eigenvalue weighted by Gasteiger charge is 2.27. The molecule has 1 heterocycles. The molecular formula is C14H19N3S. The number of aromatic nitrogens is 1. The Labute approximate surface area is 112 Å². The molecule has 1 fully saturated rings. The molecule has 0 radical (unpaired) electrons. The van der Waals surface area contributed by atoms with Crippen molar-refractivity contribution in [3.05, 3.63) is 24.3 Å². The number of anilines is 1. The first-order valence-electron chi connectivity index (χ1n) is 6.60. The smallest absolute Gasteiger partial charge is 0.120 e. The lowest BCUT2D eigenvalue weighted by molar-refractivity contribution is 0.375. The summed E-state index contributed by atoms with van der Waals surface area (Å²) in [5.41, 5.74) is 7.36. The molecule has 96 valence electrons. The zero-order chi connectivity index (χ0) is 12.5. The monoisotopic (exact) mass is 261 g/mol. The first kappa shape index (κ1) is 11.9. The Kier molecular flexibility index (Phi) is 3.22. The SMILES string of the molecule is CN(c1snc2ccccc12)C1CCCCC1N. The summed E-state index contributed by atoms with van der Waals surface area (Å²) in [4.78, 5) is 2.35. The highest BCUT2D eigenvalue weighted by Crippen LogP contribution is 2.34. The van der Waals surface area contributed by atoms with Crippen molar-refractivity contribution in [2.45, 2.75) is 37.8 Å². The maximum Gasteiger partial charge on any atom is 0.120 e. The van der Waals surface area contributed by atoms with Gasteiger partial charge in [-0.25, -0.2) is 0 Å². The number of nitrogens with two attached hydrogens (primary N) is 1. The van der Waals surface area contributed by atoms with Gasteiger partial charge < -0.3 is 10.6 Å². The molecule has 3 nitrogen and oxygen atoms in total. The average molecular weight is 261 g/mol. The van der Waals surface area contributed by atoms with Crippen molar-refractivity contribution < 1.29 is 0 Å². The zero-order valence-corrected chi connectivity index (χ0v) is 11.5. The van der Waals surface area contributed by atoms with Crippen LogP contribution in [0.5, 0.6) is 0 Å². The van der Waals surface area contributed by atoms with E-state index in [9.17, 15) is 0 Å². The van der Waals surface area contributed by atoms with Crippen LogP contribution in [-0.2, 0) is 0 Å². The molecule has 1 aromatic heterocycles. The second-order valence-corrected chi connectivity index (χ2v) is 5.88. The van der Waals surface area contributed by atoms with Crippen LogP contribution in [0.4, 0.5) is 5.00 Å². The third-order valence-electron chi connectivity index (χ3n) is 3.96. The molecule has 2 unspecified atom stereocenters.